The number of amides is 1. The van der Waals surface area contributed by atoms with Crippen LogP contribution in [-0.4, -0.2) is 46.5 Å². The maximum atomic E-state index is 13.3. The van der Waals surface area contributed by atoms with Crippen LogP contribution in [0.2, 0.25) is 0 Å². The number of aromatic nitrogens is 4. The molecule has 0 aromatic carbocycles. The van der Waals surface area contributed by atoms with E-state index in [2.05, 4.69) is 25.3 Å². The van der Waals surface area contributed by atoms with E-state index in [0.29, 0.717) is 18.0 Å². The maximum absolute atomic E-state index is 13.3. The fraction of sp³-hybridized carbons (Fsp3) is 0.500. The van der Waals surface area contributed by atoms with E-state index in [-0.39, 0.29) is 11.6 Å². The summed E-state index contributed by atoms with van der Waals surface area (Å²) in [5.74, 6) is 0.417. The lowest BCUT2D eigenvalue weighted by Gasteiger charge is -2.24. The van der Waals surface area contributed by atoms with Crippen LogP contribution in [0.15, 0.2) is 24.3 Å². The molecule has 0 spiro atoms. The van der Waals surface area contributed by atoms with Crippen LogP contribution >= 0.6 is 0 Å². The topological polar surface area (TPSA) is 93.1 Å². The van der Waals surface area contributed by atoms with Gasteiger partial charge in [0.25, 0.3) is 0 Å². The molecule has 1 aliphatic heterocycles. The van der Waals surface area contributed by atoms with E-state index >= 15 is 0 Å². The number of hydrogen-bond donors (Lipinski definition) is 1. The van der Waals surface area contributed by atoms with Crippen molar-refractivity contribution in [1.82, 2.24) is 25.3 Å². The lowest BCUT2D eigenvalue weighted by Crippen LogP contribution is -2.28. The van der Waals surface area contributed by atoms with Crippen molar-refractivity contribution in [2.75, 3.05) is 25.1 Å². The molecular formula is C22H29F3N6O2. The van der Waals surface area contributed by atoms with E-state index in [0.717, 1.165) is 48.8 Å². The third kappa shape index (κ3) is 6.70. The first kappa shape index (κ1) is 26.2. The highest BCUT2D eigenvalue weighted by Gasteiger charge is 2.36. The van der Waals surface area contributed by atoms with Crippen molar-refractivity contribution in [2.45, 2.75) is 46.3 Å². The van der Waals surface area contributed by atoms with Crippen LogP contribution in [-0.2, 0) is 17.5 Å². The number of carbonyl (C=O) groups is 1. The number of nitrogens with one attached hydrogen (secondary N) is 1. The summed E-state index contributed by atoms with van der Waals surface area (Å²) >= 11 is 0. The number of alkyl halides is 3. The lowest BCUT2D eigenvalue weighted by atomic mass is 9.90. The van der Waals surface area contributed by atoms with E-state index in [4.69, 9.17) is 4.74 Å². The lowest BCUT2D eigenvalue weighted by molar-refractivity contribution is -0.142. The first-order valence-corrected chi connectivity index (χ1v) is 10.7. The Bertz CT molecular complexity index is 946. The van der Waals surface area contributed by atoms with Gasteiger partial charge in [0, 0.05) is 12.4 Å². The van der Waals surface area contributed by atoms with Gasteiger partial charge < -0.3 is 15.0 Å². The summed E-state index contributed by atoms with van der Waals surface area (Å²) in [5.41, 5.74) is 0.0722. The first-order valence-electron chi connectivity index (χ1n) is 10.7. The summed E-state index contributed by atoms with van der Waals surface area (Å²) in [6, 6.07) is 0. The second kappa shape index (κ2) is 12.2. The van der Waals surface area contributed by atoms with E-state index in [1.54, 1.807) is 0 Å². The van der Waals surface area contributed by atoms with Gasteiger partial charge >= 0.3 is 6.18 Å². The Morgan fingerprint density at radius 3 is 2.45 bits per heavy atom. The maximum Gasteiger partial charge on any atom is 0.435 e. The minimum Gasteiger partial charge on any atom is -0.479 e. The largest absolute Gasteiger partial charge is 0.479 e. The number of ether oxygens (including phenoxy) is 1. The quantitative estimate of drug-likeness (QED) is 0.619. The Morgan fingerprint density at radius 1 is 1.18 bits per heavy atom. The van der Waals surface area contributed by atoms with Crippen molar-refractivity contribution in [1.29, 1.82) is 0 Å². The van der Waals surface area contributed by atoms with Gasteiger partial charge in [0.05, 0.1) is 25.0 Å². The van der Waals surface area contributed by atoms with Crippen molar-refractivity contribution in [3.05, 3.63) is 41.4 Å². The molecule has 1 fully saturated rings. The standard InChI is InChI=1S/C20H23F3N6O2.C2H6/c1-13(14-3-5-24-6-4-14)9-15-17(19(31-2)28-11-27-15)29(12-30)10-16-18(20(21,22)23)26-8-7-25-16;1-2/h7-9,11-12,14,24H,3-6,10H2,1-2H3;1-2H3/b13-9+;. The van der Waals surface area contributed by atoms with Gasteiger partial charge in [0.2, 0.25) is 12.3 Å². The third-order valence-corrected chi connectivity index (χ3v) is 5.13. The normalized spacial score (nSPS) is 14.8. The number of methoxy groups -OCH3 is 1. The van der Waals surface area contributed by atoms with Gasteiger partial charge in [-0.25, -0.2) is 9.97 Å². The van der Waals surface area contributed by atoms with Crippen LogP contribution in [0, 0.1) is 5.92 Å². The van der Waals surface area contributed by atoms with Gasteiger partial charge in [0.15, 0.2) is 5.69 Å². The third-order valence-electron chi connectivity index (χ3n) is 5.13. The van der Waals surface area contributed by atoms with Gasteiger partial charge in [-0.2, -0.15) is 18.2 Å². The molecule has 3 heterocycles. The van der Waals surface area contributed by atoms with E-state index in [1.165, 1.54) is 13.4 Å². The van der Waals surface area contributed by atoms with Crippen LogP contribution in [0.25, 0.3) is 6.08 Å². The second-order valence-electron chi connectivity index (χ2n) is 7.11. The molecule has 11 heteroatoms. The predicted molar refractivity (Wildman–Crippen MR) is 118 cm³/mol. The minimum atomic E-state index is -4.70. The summed E-state index contributed by atoms with van der Waals surface area (Å²) in [4.78, 5) is 28.5. The fourth-order valence-corrected chi connectivity index (χ4v) is 3.56. The van der Waals surface area contributed by atoms with Crippen LogP contribution in [0.1, 0.15) is 50.7 Å². The first-order chi connectivity index (χ1) is 15.8. The Morgan fingerprint density at radius 2 is 1.85 bits per heavy atom. The zero-order valence-corrected chi connectivity index (χ0v) is 19.2. The molecule has 180 valence electrons. The molecule has 1 N–H and O–H groups in total. The van der Waals surface area contributed by atoms with Crippen molar-refractivity contribution in [3.63, 3.8) is 0 Å². The molecule has 0 aliphatic carbocycles. The molecule has 2 aromatic rings. The Hall–Kier alpha value is -3.08. The number of halogens is 3. The van der Waals surface area contributed by atoms with Gasteiger partial charge in [-0.15, -0.1) is 0 Å². The molecule has 0 atom stereocenters. The number of nitrogens with zero attached hydrogens (tertiary/aromatic N) is 5. The van der Waals surface area contributed by atoms with Crippen molar-refractivity contribution < 1.29 is 22.7 Å². The average Bonchev–Trinajstić information content (AvgIpc) is 2.84. The molecule has 3 rings (SSSR count). The van der Waals surface area contributed by atoms with Gasteiger partial charge in [0.1, 0.15) is 12.0 Å². The van der Waals surface area contributed by atoms with Crippen LogP contribution in [0.4, 0.5) is 18.9 Å². The molecule has 0 unspecified atom stereocenters. The Labute approximate surface area is 191 Å². The molecule has 1 aliphatic rings. The number of allylic oxidation sites excluding steroid dienone is 1. The van der Waals surface area contributed by atoms with E-state index < -0.39 is 24.1 Å². The van der Waals surface area contributed by atoms with Gasteiger partial charge in [-0.05, 0) is 44.8 Å². The summed E-state index contributed by atoms with van der Waals surface area (Å²) in [5, 5.41) is 3.30. The summed E-state index contributed by atoms with van der Waals surface area (Å²) in [7, 11) is 1.37. The predicted octanol–water partition coefficient (Wildman–Crippen LogP) is 3.89. The molecule has 1 saturated heterocycles. The molecule has 1 amide bonds. The summed E-state index contributed by atoms with van der Waals surface area (Å²) in [6.07, 6.45) is 2.85. The zero-order chi connectivity index (χ0) is 24.4. The number of piperidine rings is 1. The van der Waals surface area contributed by atoms with Crippen molar-refractivity contribution >= 4 is 18.2 Å². The number of carbonyl (C=O) groups excluding carboxylic acids is 1. The summed E-state index contributed by atoms with van der Waals surface area (Å²) < 4.78 is 45.3. The molecule has 2 aromatic heterocycles. The van der Waals surface area contributed by atoms with E-state index in [9.17, 15) is 18.0 Å². The molecule has 8 nitrogen and oxygen atoms in total. The molecule has 0 saturated carbocycles. The zero-order valence-electron chi connectivity index (χ0n) is 19.2. The second-order valence-corrected chi connectivity index (χ2v) is 7.11. The Kier molecular flexibility index (Phi) is 9.71. The Balaban J connectivity index is 0.00000187. The molecular weight excluding hydrogens is 437 g/mol. The smallest absolute Gasteiger partial charge is 0.435 e. The molecule has 0 bridgehead atoms. The average molecular weight is 467 g/mol. The molecule has 33 heavy (non-hydrogen) atoms. The van der Waals surface area contributed by atoms with Crippen LogP contribution < -0.4 is 15.0 Å². The SMILES string of the molecule is CC.COc1ncnc(/C=C(\C)C2CCNCC2)c1N(C=O)Cc1nccnc1C(F)(F)F. The monoisotopic (exact) mass is 466 g/mol. The van der Waals surface area contributed by atoms with Crippen LogP contribution in [0.3, 0.4) is 0 Å². The van der Waals surface area contributed by atoms with Crippen molar-refractivity contribution in [2.24, 2.45) is 5.92 Å². The number of rotatable bonds is 7. The molecule has 0 radical (unpaired) electrons. The van der Waals surface area contributed by atoms with E-state index in [1.807, 2.05) is 26.8 Å². The fourth-order valence-electron chi connectivity index (χ4n) is 3.56. The highest BCUT2D eigenvalue weighted by atomic mass is 19.4. The summed E-state index contributed by atoms with van der Waals surface area (Å²) in [6.45, 7) is 7.32. The van der Waals surface area contributed by atoms with Crippen LogP contribution in [0.5, 0.6) is 5.88 Å². The van der Waals surface area contributed by atoms with Gasteiger partial charge in [-0.1, -0.05) is 19.4 Å². The number of anilines is 1. The highest BCUT2D eigenvalue weighted by molar-refractivity contribution is 5.83. The van der Waals surface area contributed by atoms with Crippen molar-refractivity contribution in [3.8, 4) is 5.88 Å². The highest BCUT2D eigenvalue weighted by Crippen LogP contribution is 2.34. The van der Waals surface area contributed by atoms with Gasteiger partial charge in [-0.3, -0.25) is 9.78 Å². The number of hydrogen-bond acceptors (Lipinski definition) is 7. The minimum absolute atomic E-state index is 0.0731.